The van der Waals surface area contributed by atoms with Crippen LogP contribution in [0.3, 0.4) is 0 Å². The SMILES string of the molecule is O=C(Nc1cccc(I)c1)C1CNc2ccccc2O1. The van der Waals surface area contributed by atoms with Crippen molar-refractivity contribution in [1.29, 1.82) is 0 Å². The normalized spacial score (nSPS) is 16.6. The van der Waals surface area contributed by atoms with Crippen molar-refractivity contribution in [2.45, 2.75) is 6.10 Å². The Morgan fingerprint density at radius 3 is 2.95 bits per heavy atom. The lowest BCUT2D eigenvalue weighted by atomic mass is 10.2. The summed E-state index contributed by atoms with van der Waals surface area (Å²) >= 11 is 2.21. The smallest absolute Gasteiger partial charge is 0.267 e. The average Bonchev–Trinajstić information content (AvgIpc) is 2.47. The predicted octanol–water partition coefficient (Wildman–Crippen LogP) is 3.10. The van der Waals surface area contributed by atoms with E-state index >= 15 is 0 Å². The fourth-order valence-electron chi connectivity index (χ4n) is 2.05. The van der Waals surface area contributed by atoms with Gasteiger partial charge in [-0.1, -0.05) is 18.2 Å². The summed E-state index contributed by atoms with van der Waals surface area (Å²) in [4.78, 5) is 12.2. The number of hydrogen-bond donors (Lipinski definition) is 2. The molecule has 0 aromatic heterocycles. The fourth-order valence-corrected chi connectivity index (χ4v) is 2.59. The van der Waals surface area contributed by atoms with E-state index in [2.05, 4.69) is 33.2 Å². The van der Waals surface area contributed by atoms with Crippen LogP contribution >= 0.6 is 22.6 Å². The van der Waals surface area contributed by atoms with E-state index in [1.165, 1.54) is 0 Å². The Hall–Kier alpha value is -1.76. The maximum Gasteiger partial charge on any atom is 0.267 e. The van der Waals surface area contributed by atoms with Crippen LogP contribution in [0, 0.1) is 3.57 Å². The van der Waals surface area contributed by atoms with Gasteiger partial charge in [0.1, 0.15) is 5.75 Å². The first kappa shape index (κ1) is 13.2. The average molecular weight is 380 g/mol. The molecule has 1 amide bonds. The van der Waals surface area contributed by atoms with E-state index in [0.29, 0.717) is 12.3 Å². The molecule has 0 aliphatic carbocycles. The molecule has 0 saturated carbocycles. The van der Waals surface area contributed by atoms with E-state index in [1.807, 2.05) is 48.5 Å². The topological polar surface area (TPSA) is 50.4 Å². The maximum absolute atomic E-state index is 12.2. The van der Waals surface area contributed by atoms with Crippen molar-refractivity contribution in [2.24, 2.45) is 0 Å². The molecule has 3 rings (SSSR count). The number of rotatable bonds is 2. The number of halogens is 1. The number of anilines is 2. The summed E-state index contributed by atoms with van der Waals surface area (Å²) in [6, 6.07) is 15.3. The third kappa shape index (κ3) is 2.87. The molecular formula is C15H13IN2O2. The third-order valence-electron chi connectivity index (χ3n) is 3.02. The van der Waals surface area contributed by atoms with E-state index < -0.39 is 6.10 Å². The molecule has 1 aliphatic rings. The van der Waals surface area contributed by atoms with Crippen molar-refractivity contribution in [3.8, 4) is 5.75 Å². The minimum absolute atomic E-state index is 0.144. The number of carbonyl (C=O) groups excluding carboxylic acids is 1. The van der Waals surface area contributed by atoms with Crippen LogP contribution in [0.2, 0.25) is 0 Å². The van der Waals surface area contributed by atoms with E-state index in [0.717, 1.165) is 14.9 Å². The summed E-state index contributed by atoms with van der Waals surface area (Å²) in [5, 5.41) is 6.08. The van der Waals surface area contributed by atoms with Crippen LogP contribution in [0.4, 0.5) is 11.4 Å². The molecule has 1 atom stereocenters. The minimum atomic E-state index is -0.525. The molecule has 1 heterocycles. The van der Waals surface area contributed by atoms with Gasteiger partial charge in [0.05, 0.1) is 12.2 Å². The summed E-state index contributed by atoms with van der Waals surface area (Å²) in [6.07, 6.45) is -0.525. The van der Waals surface area contributed by atoms with Gasteiger partial charge in [-0.3, -0.25) is 4.79 Å². The highest BCUT2D eigenvalue weighted by Crippen LogP contribution is 2.28. The highest BCUT2D eigenvalue weighted by atomic mass is 127. The van der Waals surface area contributed by atoms with Gasteiger partial charge in [-0.25, -0.2) is 0 Å². The molecule has 1 aliphatic heterocycles. The van der Waals surface area contributed by atoms with Gasteiger partial charge < -0.3 is 15.4 Å². The van der Waals surface area contributed by atoms with Crippen molar-refractivity contribution < 1.29 is 9.53 Å². The van der Waals surface area contributed by atoms with Gasteiger partial charge in [-0.05, 0) is 52.9 Å². The molecule has 0 fully saturated rings. The molecular weight excluding hydrogens is 367 g/mol. The first-order valence-corrected chi connectivity index (χ1v) is 7.36. The molecule has 2 aromatic carbocycles. The lowest BCUT2D eigenvalue weighted by Gasteiger charge is -2.26. The molecule has 102 valence electrons. The summed E-state index contributed by atoms with van der Waals surface area (Å²) < 4.78 is 6.80. The van der Waals surface area contributed by atoms with E-state index in [4.69, 9.17) is 4.74 Å². The lowest BCUT2D eigenvalue weighted by molar-refractivity contribution is -0.122. The van der Waals surface area contributed by atoms with E-state index in [-0.39, 0.29) is 5.91 Å². The van der Waals surface area contributed by atoms with Crippen LogP contribution in [0.1, 0.15) is 0 Å². The number of benzene rings is 2. The van der Waals surface area contributed by atoms with Crippen molar-refractivity contribution >= 4 is 39.9 Å². The van der Waals surface area contributed by atoms with Crippen molar-refractivity contribution in [3.63, 3.8) is 0 Å². The number of amides is 1. The maximum atomic E-state index is 12.2. The van der Waals surface area contributed by atoms with Gasteiger partial charge in [-0.15, -0.1) is 0 Å². The van der Waals surface area contributed by atoms with Gasteiger partial charge in [0.25, 0.3) is 5.91 Å². The first-order valence-electron chi connectivity index (χ1n) is 6.28. The number of carbonyl (C=O) groups is 1. The third-order valence-corrected chi connectivity index (χ3v) is 3.69. The highest BCUT2D eigenvalue weighted by Gasteiger charge is 2.25. The van der Waals surface area contributed by atoms with Gasteiger partial charge in [0, 0.05) is 9.26 Å². The van der Waals surface area contributed by atoms with Crippen molar-refractivity contribution in [1.82, 2.24) is 0 Å². The van der Waals surface area contributed by atoms with Gasteiger partial charge >= 0.3 is 0 Å². The number of fused-ring (bicyclic) bond motifs is 1. The lowest BCUT2D eigenvalue weighted by Crippen LogP contribution is -2.41. The summed E-state index contributed by atoms with van der Waals surface area (Å²) in [7, 11) is 0. The first-order chi connectivity index (χ1) is 9.72. The van der Waals surface area contributed by atoms with Crippen LogP contribution in [0.15, 0.2) is 48.5 Å². The zero-order chi connectivity index (χ0) is 13.9. The fraction of sp³-hybridized carbons (Fsp3) is 0.133. The van der Waals surface area contributed by atoms with Crippen LogP contribution < -0.4 is 15.4 Å². The summed E-state index contributed by atoms with van der Waals surface area (Å²) in [5.41, 5.74) is 1.70. The standard InChI is InChI=1S/C15H13IN2O2/c16-10-4-3-5-11(8-10)18-15(19)14-9-17-12-6-1-2-7-13(12)20-14/h1-8,14,17H,9H2,(H,18,19). The van der Waals surface area contributed by atoms with Gasteiger partial charge in [0.2, 0.25) is 0 Å². The quantitative estimate of drug-likeness (QED) is 0.788. The second-order valence-corrected chi connectivity index (χ2v) is 5.73. The monoisotopic (exact) mass is 380 g/mol. The predicted molar refractivity (Wildman–Crippen MR) is 87.1 cm³/mol. The molecule has 1 unspecified atom stereocenters. The summed E-state index contributed by atoms with van der Waals surface area (Å²) in [6.45, 7) is 0.465. The van der Waals surface area contributed by atoms with Gasteiger partial charge in [-0.2, -0.15) is 0 Å². The molecule has 0 saturated heterocycles. The highest BCUT2D eigenvalue weighted by molar-refractivity contribution is 14.1. The molecule has 0 spiro atoms. The Labute approximate surface area is 130 Å². The second-order valence-electron chi connectivity index (χ2n) is 4.48. The Morgan fingerprint density at radius 1 is 1.25 bits per heavy atom. The zero-order valence-electron chi connectivity index (χ0n) is 10.6. The number of para-hydroxylation sites is 2. The van der Waals surface area contributed by atoms with Crippen molar-refractivity contribution in [2.75, 3.05) is 17.2 Å². The Kier molecular flexibility index (Phi) is 3.77. The number of nitrogens with one attached hydrogen (secondary N) is 2. The second kappa shape index (κ2) is 5.70. The van der Waals surface area contributed by atoms with Crippen LogP contribution in [0.5, 0.6) is 5.75 Å². The largest absolute Gasteiger partial charge is 0.477 e. The van der Waals surface area contributed by atoms with Crippen LogP contribution in [-0.4, -0.2) is 18.6 Å². The number of hydrogen-bond acceptors (Lipinski definition) is 3. The molecule has 2 N–H and O–H groups in total. The van der Waals surface area contributed by atoms with Crippen LogP contribution in [0.25, 0.3) is 0 Å². The summed E-state index contributed by atoms with van der Waals surface area (Å²) in [5.74, 6) is 0.565. The molecule has 0 radical (unpaired) electrons. The van der Waals surface area contributed by atoms with E-state index in [1.54, 1.807) is 0 Å². The Morgan fingerprint density at radius 2 is 2.10 bits per heavy atom. The van der Waals surface area contributed by atoms with E-state index in [9.17, 15) is 4.79 Å². The molecule has 2 aromatic rings. The zero-order valence-corrected chi connectivity index (χ0v) is 12.8. The Balaban J connectivity index is 1.70. The molecule has 20 heavy (non-hydrogen) atoms. The number of ether oxygens (including phenoxy) is 1. The Bertz CT molecular complexity index is 645. The van der Waals surface area contributed by atoms with Gasteiger partial charge in [0.15, 0.2) is 6.10 Å². The minimum Gasteiger partial charge on any atom is -0.477 e. The molecule has 4 nitrogen and oxygen atoms in total. The molecule has 0 bridgehead atoms. The van der Waals surface area contributed by atoms with Crippen molar-refractivity contribution in [3.05, 3.63) is 52.1 Å². The van der Waals surface area contributed by atoms with Crippen LogP contribution in [-0.2, 0) is 4.79 Å². The molecule has 5 heteroatoms.